The van der Waals surface area contributed by atoms with Crippen molar-refractivity contribution < 1.29 is 40.6 Å². The van der Waals surface area contributed by atoms with Gasteiger partial charge in [-0.05, 0) is 18.2 Å². The number of alkyl halides is 3. The van der Waals surface area contributed by atoms with Crippen LogP contribution >= 0.6 is 11.3 Å². The van der Waals surface area contributed by atoms with Gasteiger partial charge in [0.25, 0.3) is 5.88 Å². The van der Waals surface area contributed by atoms with Gasteiger partial charge >= 0.3 is 6.18 Å². The number of ketones is 1. The highest BCUT2D eigenvalue weighted by atomic mass is 32.2. The maximum atomic E-state index is 14.3. The lowest BCUT2D eigenvalue weighted by atomic mass is 10.3. The van der Waals surface area contributed by atoms with Crippen LogP contribution in [0, 0.1) is 0 Å². The van der Waals surface area contributed by atoms with Crippen LogP contribution in [-0.4, -0.2) is 76.2 Å². The van der Waals surface area contributed by atoms with Crippen LogP contribution < -0.4 is 9.04 Å². The Labute approximate surface area is 235 Å². The molecular formula is C24H31F3N4O6S2Si. The molecule has 1 unspecified atom stereocenters. The minimum Gasteiger partial charge on any atom is -0.456 e. The van der Waals surface area contributed by atoms with Gasteiger partial charge in [-0.25, -0.2) is 27.7 Å². The predicted octanol–water partition coefficient (Wildman–Crippen LogP) is 5.07. The minimum absolute atomic E-state index is 0.128. The number of anilines is 1. The number of aromatic nitrogens is 3. The number of methoxy groups -OCH3 is 1. The van der Waals surface area contributed by atoms with Crippen molar-refractivity contribution in [3.8, 4) is 5.88 Å². The summed E-state index contributed by atoms with van der Waals surface area (Å²) in [7, 11) is -4.41. The van der Waals surface area contributed by atoms with Crippen LogP contribution in [0.25, 0.3) is 11.0 Å². The zero-order valence-corrected chi connectivity index (χ0v) is 25.3. The molecule has 0 saturated carbocycles. The fourth-order valence-electron chi connectivity index (χ4n) is 3.28. The van der Waals surface area contributed by atoms with Crippen molar-refractivity contribution in [3.05, 3.63) is 40.3 Å². The summed E-state index contributed by atoms with van der Waals surface area (Å²) >= 11 is 0.526. The maximum Gasteiger partial charge on any atom is 0.430 e. The highest BCUT2D eigenvalue weighted by Crippen LogP contribution is 2.41. The van der Waals surface area contributed by atoms with Gasteiger partial charge in [-0.3, -0.25) is 4.79 Å². The van der Waals surface area contributed by atoms with E-state index >= 15 is 0 Å². The zero-order chi connectivity index (χ0) is 29.7. The molecule has 0 bridgehead atoms. The highest BCUT2D eigenvalue weighted by Gasteiger charge is 2.46. The summed E-state index contributed by atoms with van der Waals surface area (Å²) in [4.78, 5) is 23.6. The second kappa shape index (κ2) is 12.9. The van der Waals surface area contributed by atoms with Gasteiger partial charge < -0.3 is 14.2 Å². The van der Waals surface area contributed by atoms with E-state index in [1.54, 1.807) is 18.2 Å². The number of carbonyl (C=O) groups excluding carboxylic acids is 1. The molecule has 0 spiro atoms. The molecule has 0 N–H and O–H groups in total. The molecule has 3 aromatic rings. The SMILES string of the molecule is COCCS(=O)(=O)N(COCC[Si](C)(C)C)c1nc2ccccc2nc1OC(c1cnc(C(C)=O)s1)C(F)(F)F. The summed E-state index contributed by atoms with van der Waals surface area (Å²) in [6.45, 7) is 7.10. The highest BCUT2D eigenvalue weighted by molar-refractivity contribution is 7.92. The van der Waals surface area contributed by atoms with Gasteiger partial charge in [0, 0.05) is 34.9 Å². The molecule has 220 valence electrons. The van der Waals surface area contributed by atoms with E-state index in [-0.39, 0.29) is 29.3 Å². The van der Waals surface area contributed by atoms with Crippen molar-refractivity contribution in [2.24, 2.45) is 0 Å². The Hall–Kier alpha value is -2.66. The van der Waals surface area contributed by atoms with Gasteiger partial charge in [-0.1, -0.05) is 31.8 Å². The molecular weight excluding hydrogens is 590 g/mol. The number of hydrogen-bond donors (Lipinski definition) is 0. The van der Waals surface area contributed by atoms with Crippen LogP contribution in [0.15, 0.2) is 30.5 Å². The molecule has 0 saturated heterocycles. The zero-order valence-electron chi connectivity index (χ0n) is 22.7. The molecule has 0 radical (unpaired) electrons. The van der Waals surface area contributed by atoms with Crippen molar-refractivity contribution in [2.75, 3.05) is 37.1 Å². The van der Waals surface area contributed by atoms with Crippen LogP contribution in [0.5, 0.6) is 5.88 Å². The number of Topliss-reactive ketones (excluding diaryl/α,β-unsaturated/α-hetero) is 1. The summed E-state index contributed by atoms with van der Waals surface area (Å²) in [5.74, 6) is -2.13. The smallest absolute Gasteiger partial charge is 0.430 e. The van der Waals surface area contributed by atoms with Gasteiger partial charge in [-0.15, -0.1) is 11.3 Å². The molecule has 40 heavy (non-hydrogen) atoms. The molecule has 2 aromatic heterocycles. The topological polar surface area (TPSA) is 121 Å². The lowest BCUT2D eigenvalue weighted by molar-refractivity contribution is -0.197. The first-order valence-electron chi connectivity index (χ1n) is 12.2. The van der Waals surface area contributed by atoms with Crippen LogP contribution in [-0.2, 0) is 19.5 Å². The summed E-state index contributed by atoms with van der Waals surface area (Å²) in [6.07, 6.45) is -6.65. The Morgan fingerprint density at radius 3 is 2.33 bits per heavy atom. The number of ether oxygens (including phenoxy) is 3. The molecule has 10 nitrogen and oxygen atoms in total. The largest absolute Gasteiger partial charge is 0.456 e. The number of sulfonamides is 1. The van der Waals surface area contributed by atoms with Crippen molar-refractivity contribution in [1.82, 2.24) is 15.0 Å². The Kier molecular flexibility index (Phi) is 10.3. The summed E-state index contributed by atoms with van der Waals surface area (Å²) in [5.41, 5.74) is 0.420. The predicted molar refractivity (Wildman–Crippen MR) is 148 cm³/mol. The quantitative estimate of drug-likeness (QED) is 0.105. The number of thiazole rings is 1. The number of nitrogens with zero attached hydrogens (tertiary/aromatic N) is 4. The van der Waals surface area contributed by atoms with Crippen LogP contribution in [0.2, 0.25) is 25.7 Å². The Balaban J connectivity index is 2.13. The molecule has 0 amide bonds. The Bertz CT molecular complexity index is 1430. The average molecular weight is 621 g/mol. The van der Waals surface area contributed by atoms with Gasteiger partial charge in [-0.2, -0.15) is 13.2 Å². The minimum atomic E-state index is -4.96. The number of carbonyl (C=O) groups is 1. The third-order valence-corrected chi connectivity index (χ3v) is 9.93. The van der Waals surface area contributed by atoms with Crippen molar-refractivity contribution >= 4 is 52.1 Å². The number of para-hydroxylation sites is 2. The van der Waals surface area contributed by atoms with Gasteiger partial charge in [0.15, 0.2) is 10.8 Å². The third kappa shape index (κ3) is 8.42. The fourth-order valence-corrected chi connectivity index (χ4v) is 6.12. The first kappa shape index (κ1) is 31.9. The van der Waals surface area contributed by atoms with Crippen LogP contribution in [0.1, 0.15) is 27.7 Å². The maximum absolute atomic E-state index is 14.3. The van der Waals surface area contributed by atoms with Crippen molar-refractivity contribution in [1.29, 1.82) is 0 Å². The van der Waals surface area contributed by atoms with E-state index in [9.17, 15) is 26.4 Å². The first-order chi connectivity index (χ1) is 18.6. The van der Waals surface area contributed by atoms with E-state index in [0.717, 1.165) is 16.5 Å². The van der Waals surface area contributed by atoms with Gasteiger partial charge in [0.2, 0.25) is 21.9 Å². The summed E-state index contributed by atoms with van der Waals surface area (Å²) in [6, 6.07) is 7.03. The van der Waals surface area contributed by atoms with Crippen LogP contribution in [0.4, 0.5) is 19.0 Å². The van der Waals surface area contributed by atoms with E-state index < -0.39 is 65.2 Å². The molecule has 0 aliphatic rings. The van der Waals surface area contributed by atoms with E-state index in [1.165, 1.54) is 20.1 Å². The number of rotatable bonds is 14. The molecule has 1 aromatic carbocycles. The Morgan fingerprint density at radius 1 is 1.12 bits per heavy atom. The van der Waals surface area contributed by atoms with E-state index in [0.29, 0.717) is 11.3 Å². The summed E-state index contributed by atoms with van der Waals surface area (Å²) in [5, 5.41) is -0.128. The van der Waals surface area contributed by atoms with Gasteiger partial charge in [0.1, 0.15) is 6.73 Å². The number of hydrogen-bond acceptors (Lipinski definition) is 10. The lowest BCUT2D eigenvalue weighted by Crippen LogP contribution is -2.38. The molecule has 0 aliphatic heterocycles. The third-order valence-electron chi connectivity index (χ3n) is 5.45. The number of benzene rings is 1. The van der Waals surface area contributed by atoms with E-state index in [4.69, 9.17) is 14.2 Å². The molecule has 0 aliphatic carbocycles. The Morgan fingerprint density at radius 2 is 1.77 bits per heavy atom. The second-order valence-corrected chi connectivity index (χ2v) is 18.7. The molecule has 3 rings (SSSR count). The van der Waals surface area contributed by atoms with E-state index in [1.807, 2.05) is 0 Å². The monoisotopic (exact) mass is 620 g/mol. The molecule has 0 fully saturated rings. The number of halogens is 3. The standard InChI is InChI=1S/C24H31F3N4O6S2Si/c1-16(32)23-28-14-19(38-23)20(24(25,26)27)37-22-21(29-17-8-6-7-9-18(17)30-22)31(39(33,34)12-10-35-2)15-36-11-13-40(3,4)5/h6-9,14,20H,10-13,15H2,1-5H3. The fraction of sp³-hybridized carbons (Fsp3) is 0.500. The average Bonchev–Trinajstić information content (AvgIpc) is 3.34. The van der Waals surface area contributed by atoms with Gasteiger partial charge in [0.05, 0.1) is 28.3 Å². The molecule has 16 heteroatoms. The molecule has 1 atom stereocenters. The second-order valence-electron chi connectivity index (χ2n) is 10.0. The lowest BCUT2D eigenvalue weighted by Gasteiger charge is -2.27. The van der Waals surface area contributed by atoms with Crippen LogP contribution in [0.3, 0.4) is 0 Å². The first-order valence-corrected chi connectivity index (χ1v) is 18.3. The van der Waals surface area contributed by atoms with Crippen molar-refractivity contribution in [3.63, 3.8) is 0 Å². The number of fused-ring (bicyclic) bond motifs is 1. The normalized spacial score (nSPS) is 13.4. The van der Waals surface area contributed by atoms with E-state index in [2.05, 4.69) is 34.6 Å². The molecule has 2 heterocycles. The van der Waals surface area contributed by atoms with Crippen molar-refractivity contribution in [2.45, 2.75) is 44.9 Å². The summed E-state index contributed by atoms with van der Waals surface area (Å²) < 4.78 is 86.3.